The molecular weight excluding hydrogens is 382 g/mol. The zero-order valence-corrected chi connectivity index (χ0v) is 15.8. The Morgan fingerprint density at radius 3 is 2.79 bits per heavy atom. The molecule has 3 heterocycles. The van der Waals surface area contributed by atoms with Crippen LogP contribution in [-0.4, -0.2) is 40.2 Å². The van der Waals surface area contributed by atoms with E-state index >= 15 is 0 Å². The molecule has 1 aliphatic heterocycles. The van der Waals surface area contributed by atoms with Crippen molar-refractivity contribution in [1.82, 2.24) is 0 Å². The van der Waals surface area contributed by atoms with Crippen LogP contribution >= 0.6 is 11.3 Å². The van der Waals surface area contributed by atoms with Gasteiger partial charge in [0.2, 0.25) is 0 Å². The Morgan fingerprint density at radius 1 is 1.25 bits per heavy atom. The summed E-state index contributed by atoms with van der Waals surface area (Å²) in [5.41, 5.74) is 2.19. The molecule has 2 unspecified atom stereocenters. The second-order valence-corrected chi connectivity index (χ2v) is 7.52. The third kappa shape index (κ3) is 3.20. The normalized spacial score (nSPS) is 22.0. The van der Waals surface area contributed by atoms with Gasteiger partial charge in [-0.1, -0.05) is 6.07 Å². The van der Waals surface area contributed by atoms with Crippen LogP contribution < -0.4 is 10.9 Å². The van der Waals surface area contributed by atoms with Crippen LogP contribution in [0, 0.1) is 6.92 Å². The largest absolute Gasteiger partial charge is 0.491 e. The Hall–Kier alpha value is -2.65. The fraction of sp³-hybridized carbons (Fsp3) is 0.250. The van der Waals surface area contributed by atoms with E-state index in [-0.39, 0.29) is 5.70 Å². The summed E-state index contributed by atoms with van der Waals surface area (Å²) in [4.78, 5) is 13.4. The van der Waals surface area contributed by atoms with E-state index in [4.69, 9.17) is 14.3 Å². The summed E-state index contributed by atoms with van der Waals surface area (Å²) in [6.07, 6.45) is -2.11. The van der Waals surface area contributed by atoms with Crippen molar-refractivity contribution in [2.24, 2.45) is 0 Å². The summed E-state index contributed by atoms with van der Waals surface area (Å²) in [6, 6.07) is 9.03. The fourth-order valence-corrected chi connectivity index (χ4v) is 4.07. The van der Waals surface area contributed by atoms with E-state index in [1.54, 1.807) is 12.1 Å². The van der Waals surface area contributed by atoms with Crippen molar-refractivity contribution >= 4 is 28.0 Å². The van der Waals surface area contributed by atoms with Crippen molar-refractivity contribution in [3.8, 4) is 10.4 Å². The van der Waals surface area contributed by atoms with Crippen LogP contribution in [0.1, 0.15) is 5.56 Å². The summed E-state index contributed by atoms with van der Waals surface area (Å²) in [6.45, 7) is 1.48. The number of hydrogen-bond acceptors (Lipinski definition) is 8. The molecule has 1 aromatic carbocycles. The predicted octanol–water partition coefficient (Wildman–Crippen LogP) is 2.20. The quantitative estimate of drug-likeness (QED) is 0.496. The van der Waals surface area contributed by atoms with E-state index < -0.39 is 30.5 Å². The Bertz CT molecular complexity index is 1090. The second-order valence-electron chi connectivity index (χ2n) is 6.57. The first-order valence-electron chi connectivity index (χ1n) is 8.70. The van der Waals surface area contributed by atoms with Crippen molar-refractivity contribution in [2.75, 3.05) is 11.9 Å². The highest BCUT2D eigenvalue weighted by Crippen LogP contribution is 2.31. The van der Waals surface area contributed by atoms with Gasteiger partial charge in [-0.15, -0.1) is 11.3 Å². The van der Waals surface area contributed by atoms with Gasteiger partial charge < -0.3 is 29.8 Å². The van der Waals surface area contributed by atoms with Crippen molar-refractivity contribution < 1.29 is 24.5 Å². The van der Waals surface area contributed by atoms with Gasteiger partial charge in [-0.3, -0.25) is 0 Å². The highest BCUT2D eigenvalue weighted by atomic mass is 32.1. The first kappa shape index (κ1) is 18.7. The van der Waals surface area contributed by atoms with Crippen LogP contribution in [0.3, 0.4) is 0 Å². The van der Waals surface area contributed by atoms with Crippen LogP contribution in [0.15, 0.2) is 56.9 Å². The maximum absolute atomic E-state index is 12.5. The van der Waals surface area contributed by atoms with Gasteiger partial charge >= 0.3 is 5.63 Å². The number of ether oxygens (including phenoxy) is 1. The monoisotopic (exact) mass is 401 g/mol. The Kier molecular flexibility index (Phi) is 4.94. The van der Waals surface area contributed by atoms with Gasteiger partial charge in [-0.25, -0.2) is 4.79 Å². The molecule has 0 fully saturated rings. The molecule has 0 bridgehead atoms. The predicted molar refractivity (Wildman–Crippen MR) is 106 cm³/mol. The summed E-state index contributed by atoms with van der Waals surface area (Å²) in [5.74, 6) is 0. The van der Waals surface area contributed by atoms with Crippen LogP contribution in [0.2, 0.25) is 0 Å². The number of nitrogens with one attached hydrogen (secondary N) is 1. The third-order valence-corrected chi connectivity index (χ3v) is 5.68. The van der Waals surface area contributed by atoms with Crippen LogP contribution in [-0.2, 0) is 4.74 Å². The molecule has 1 aliphatic rings. The minimum Gasteiger partial charge on any atom is -0.491 e. The lowest BCUT2D eigenvalue weighted by atomic mass is 10.0. The lowest BCUT2D eigenvalue weighted by Gasteiger charge is -2.31. The molecule has 2 aromatic heterocycles. The number of aryl methyl sites for hydroxylation is 1. The lowest BCUT2D eigenvalue weighted by Crippen LogP contribution is -2.46. The third-order valence-electron chi connectivity index (χ3n) is 4.80. The zero-order valence-electron chi connectivity index (χ0n) is 15.0. The van der Waals surface area contributed by atoms with Crippen molar-refractivity contribution in [1.29, 1.82) is 0 Å². The molecule has 28 heavy (non-hydrogen) atoms. The first-order valence-corrected chi connectivity index (χ1v) is 9.58. The van der Waals surface area contributed by atoms with Gasteiger partial charge in [0, 0.05) is 22.0 Å². The second kappa shape index (κ2) is 7.40. The van der Waals surface area contributed by atoms with E-state index in [0.717, 1.165) is 15.8 Å². The zero-order chi connectivity index (χ0) is 19.8. The van der Waals surface area contributed by atoms with Gasteiger partial charge in [0.15, 0.2) is 0 Å². The molecule has 0 spiro atoms. The van der Waals surface area contributed by atoms with Gasteiger partial charge in [0.05, 0.1) is 17.9 Å². The average molecular weight is 401 g/mol. The first-order chi connectivity index (χ1) is 13.5. The Labute approximate surface area is 164 Å². The van der Waals surface area contributed by atoms with Gasteiger partial charge in [-0.2, -0.15) is 0 Å². The van der Waals surface area contributed by atoms with Gasteiger partial charge in [-0.05, 0) is 36.1 Å². The summed E-state index contributed by atoms with van der Waals surface area (Å²) < 4.78 is 10.7. The number of rotatable bonds is 4. The van der Waals surface area contributed by atoms with Gasteiger partial charge in [0.25, 0.3) is 0 Å². The minimum absolute atomic E-state index is 0.242. The van der Waals surface area contributed by atoms with Crippen molar-refractivity contribution in [3.63, 3.8) is 0 Å². The van der Waals surface area contributed by atoms with E-state index in [1.807, 2.05) is 30.5 Å². The van der Waals surface area contributed by atoms with Crippen LogP contribution in [0.25, 0.3) is 21.4 Å². The highest BCUT2D eigenvalue weighted by molar-refractivity contribution is 7.13. The van der Waals surface area contributed by atoms with Crippen LogP contribution in [0.4, 0.5) is 5.69 Å². The standard InChI is InChI=1S/C20H19NO6S/c1-10-12-5-4-11(21-13-9-26-15(8-22)19(24)18(13)23)7-14(12)27-20(25)17(10)16-3-2-6-28-16/h2-7,9,15,18-19,21-24H,8H2,1H3/t15?,18?,19-/m1/s1. The van der Waals surface area contributed by atoms with Crippen LogP contribution in [0.5, 0.6) is 0 Å². The van der Waals surface area contributed by atoms with Gasteiger partial charge in [0.1, 0.15) is 30.2 Å². The molecule has 7 nitrogen and oxygen atoms in total. The molecule has 8 heteroatoms. The summed E-state index contributed by atoms with van der Waals surface area (Å²) in [7, 11) is 0. The SMILES string of the molecule is Cc1c(-c2cccs2)c(=O)oc2cc(NC3=COC(CO)[C@@H](O)C3O)ccc12. The van der Waals surface area contributed by atoms with E-state index in [2.05, 4.69) is 5.32 Å². The molecule has 4 N–H and O–H groups in total. The molecule has 3 aromatic rings. The minimum atomic E-state index is -1.26. The molecule has 146 valence electrons. The molecule has 0 aliphatic carbocycles. The highest BCUT2D eigenvalue weighted by Gasteiger charge is 2.33. The molecule has 3 atom stereocenters. The fourth-order valence-electron chi connectivity index (χ4n) is 3.26. The average Bonchev–Trinajstić information content (AvgIpc) is 3.20. The Balaban J connectivity index is 1.69. The maximum Gasteiger partial charge on any atom is 0.345 e. The summed E-state index contributed by atoms with van der Waals surface area (Å²) in [5, 5.41) is 35.0. The summed E-state index contributed by atoms with van der Waals surface area (Å²) >= 11 is 1.48. The smallest absolute Gasteiger partial charge is 0.345 e. The maximum atomic E-state index is 12.5. The van der Waals surface area contributed by atoms with E-state index in [9.17, 15) is 15.0 Å². The number of thiophene rings is 1. The molecule has 0 amide bonds. The number of aliphatic hydroxyl groups is 3. The number of anilines is 1. The van der Waals surface area contributed by atoms with Crippen molar-refractivity contribution in [2.45, 2.75) is 25.2 Å². The molecule has 0 saturated carbocycles. The Morgan fingerprint density at radius 2 is 2.07 bits per heavy atom. The number of fused-ring (bicyclic) bond motifs is 1. The number of aliphatic hydroxyl groups excluding tert-OH is 3. The molecule has 0 radical (unpaired) electrons. The number of hydrogen-bond donors (Lipinski definition) is 4. The van der Waals surface area contributed by atoms with E-state index in [0.29, 0.717) is 16.8 Å². The molecule has 0 saturated heterocycles. The van der Waals surface area contributed by atoms with Crippen molar-refractivity contribution in [3.05, 3.63) is 63.7 Å². The number of benzene rings is 1. The van der Waals surface area contributed by atoms with E-state index in [1.165, 1.54) is 17.6 Å². The topological polar surface area (TPSA) is 112 Å². The lowest BCUT2D eigenvalue weighted by molar-refractivity contribution is -0.0856. The molecular formula is C20H19NO6S. The molecule has 4 rings (SSSR count).